The number of unbranched alkanes of at least 4 members (excludes halogenated alkanes) is 2. The van der Waals surface area contributed by atoms with Gasteiger partial charge in [-0.1, -0.05) is 26.2 Å². The smallest absolute Gasteiger partial charge is 0.348 e. The number of rotatable bonds is 13. The highest BCUT2D eigenvalue weighted by molar-refractivity contribution is 7.14. The van der Waals surface area contributed by atoms with E-state index in [1.54, 1.807) is 6.07 Å². The second-order valence-corrected chi connectivity index (χ2v) is 9.12. The van der Waals surface area contributed by atoms with E-state index in [4.69, 9.17) is 9.47 Å². The molecule has 1 aromatic rings. The molecule has 6 nitrogen and oxygen atoms in total. The number of amides is 1. The van der Waals surface area contributed by atoms with Gasteiger partial charge >= 0.3 is 5.97 Å². The predicted octanol–water partition coefficient (Wildman–Crippen LogP) is 4.37. The Bertz CT molecular complexity index is 645. The highest BCUT2D eigenvalue weighted by atomic mass is 32.1. The van der Waals surface area contributed by atoms with Crippen molar-refractivity contribution >= 4 is 23.2 Å². The number of thiophene rings is 1. The Morgan fingerprint density at radius 3 is 2.72 bits per heavy atom. The number of hydrogen-bond donors (Lipinski definition) is 2. The molecule has 3 atom stereocenters. The Hall–Kier alpha value is -1.44. The van der Waals surface area contributed by atoms with Crippen molar-refractivity contribution < 1.29 is 24.2 Å². The zero-order chi connectivity index (χ0) is 21.2. The van der Waals surface area contributed by atoms with Gasteiger partial charge in [0.15, 0.2) is 0 Å². The van der Waals surface area contributed by atoms with E-state index >= 15 is 0 Å². The number of nitrogens with one attached hydrogen (secondary N) is 1. The molecule has 7 heteroatoms. The number of carbonyl (C=O) groups excluding carboxylic acids is 2. The quantitative estimate of drug-likeness (QED) is 0.362. The molecule has 0 aliphatic carbocycles. The molecular weight excluding hydrogens is 390 g/mol. The van der Waals surface area contributed by atoms with Crippen molar-refractivity contribution in [2.45, 2.75) is 96.5 Å². The van der Waals surface area contributed by atoms with E-state index < -0.39 is 0 Å². The highest BCUT2D eigenvalue weighted by Gasteiger charge is 2.24. The molecule has 1 saturated heterocycles. The minimum absolute atomic E-state index is 0.0322. The Labute approximate surface area is 178 Å². The SMILES string of the molecule is CCCCC[C@H](O)CC[C@@H](OCC1CCC(=O)N1)c1ccc(C(=O)OC(C)C)s1. The zero-order valence-electron chi connectivity index (χ0n) is 17.8. The Balaban J connectivity index is 1.96. The summed E-state index contributed by atoms with van der Waals surface area (Å²) in [6, 6.07) is 3.71. The molecule has 1 fully saturated rings. The molecule has 0 radical (unpaired) electrons. The minimum atomic E-state index is -0.343. The standard InChI is InChI=1S/C22H35NO5S/c1-4-5-6-7-17(24)9-10-18(27-14-16-8-13-21(25)23-16)19-11-12-20(29-19)22(26)28-15(2)3/h11-12,15-18,24H,4-10,13-14H2,1-3H3,(H,23,25)/t16?,17-,18+/m0/s1. The third kappa shape index (κ3) is 8.44. The molecule has 2 heterocycles. The van der Waals surface area contributed by atoms with Crippen molar-refractivity contribution in [3.05, 3.63) is 21.9 Å². The zero-order valence-corrected chi connectivity index (χ0v) is 18.6. The van der Waals surface area contributed by atoms with Crippen molar-refractivity contribution in [3.63, 3.8) is 0 Å². The largest absolute Gasteiger partial charge is 0.459 e. The summed E-state index contributed by atoms with van der Waals surface area (Å²) in [5.74, 6) is -0.256. The number of aliphatic hydroxyl groups excluding tert-OH is 1. The van der Waals surface area contributed by atoms with Gasteiger partial charge in [-0.25, -0.2) is 4.79 Å². The second kappa shape index (κ2) is 12.3. The van der Waals surface area contributed by atoms with Crippen LogP contribution in [0.1, 0.15) is 92.8 Å². The van der Waals surface area contributed by atoms with Crippen LogP contribution in [0.2, 0.25) is 0 Å². The summed E-state index contributed by atoms with van der Waals surface area (Å²) < 4.78 is 11.4. The van der Waals surface area contributed by atoms with Gasteiger partial charge in [0.2, 0.25) is 5.91 Å². The lowest BCUT2D eigenvalue weighted by Crippen LogP contribution is -2.30. The number of aliphatic hydroxyl groups is 1. The van der Waals surface area contributed by atoms with Gasteiger partial charge in [0.1, 0.15) is 4.88 Å². The van der Waals surface area contributed by atoms with Gasteiger partial charge < -0.3 is 19.9 Å². The van der Waals surface area contributed by atoms with E-state index in [9.17, 15) is 14.7 Å². The molecule has 164 valence electrons. The molecule has 1 unspecified atom stereocenters. The molecule has 0 bridgehead atoms. The Morgan fingerprint density at radius 1 is 1.28 bits per heavy atom. The summed E-state index contributed by atoms with van der Waals surface area (Å²) in [6.45, 7) is 6.24. The first kappa shape index (κ1) is 23.8. The van der Waals surface area contributed by atoms with E-state index in [1.165, 1.54) is 11.3 Å². The first-order chi connectivity index (χ1) is 13.9. The lowest BCUT2D eigenvalue weighted by molar-refractivity contribution is -0.119. The van der Waals surface area contributed by atoms with Crippen molar-refractivity contribution in [2.24, 2.45) is 0 Å². The predicted molar refractivity (Wildman–Crippen MR) is 114 cm³/mol. The molecule has 1 aromatic heterocycles. The summed E-state index contributed by atoms with van der Waals surface area (Å²) >= 11 is 1.38. The Kier molecular flexibility index (Phi) is 10.1. The molecule has 1 aliphatic heterocycles. The van der Waals surface area contributed by atoms with E-state index in [-0.39, 0.29) is 36.2 Å². The first-order valence-corrected chi connectivity index (χ1v) is 11.6. The lowest BCUT2D eigenvalue weighted by Gasteiger charge is -2.21. The fourth-order valence-corrected chi connectivity index (χ4v) is 4.34. The van der Waals surface area contributed by atoms with E-state index in [1.807, 2.05) is 19.9 Å². The molecule has 0 aromatic carbocycles. The topological polar surface area (TPSA) is 84.9 Å². The number of esters is 1. The molecule has 0 saturated carbocycles. The third-order valence-corrected chi connectivity index (χ3v) is 6.13. The molecular formula is C22H35NO5S. The van der Waals surface area contributed by atoms with Crippen LogP contribution >= 0.6 is 11.3 Å². The molecule has 29 heavy (non-hydrogen) atoms. The van der Waals surface area contributed by atoms with Crippen molar-refractivity contribution in [2.75, 3.05) is 6.61 Å². The van der Waals surface area contributed by atoms with Crippen LogP contribution in [0.3, 0.4) is 0 Å². The number of carbonyl (C=O) groups is 2. The van der Waals surface area contributed by atoms with Crippen LogP contribution in [0, 0.1) is 0 Å². The normalized spacial score (nSPS) is 18.7. The van der Waals surface area contributed by atoms with Gasteiger partial charge in [-0.05, 0) is 51.7 Å². The van der Waals surface area contributed by atoms with Crippen molar-refractivity contribution in [1.82, 2.24) is 5.32 Å². The van der Waals surface area contributed by atoms with Crippen LogP contribution < -0.4 is 5.32 Å². The monoisotopic (exact) mass is 425 g/mol. The van der Waals surface area contributed by atoms with E-state index in [0.717, 1.165) is 37.0 Å². The fourth-order valence-electron chi connectivity index (χ4n) is 3.37. The van der Waals surface area contributed by atoms with Gasteiger partial charge in [0.05, 0.1) is 31.0 Å². The molecule has 0 spiro atoms. The van der Waals surface area contributed by atoms with E-state index in [0.29, 0.717) is 30.7 Å². The fraction of sp³-hybridized carbons (Fsp3) is 0.727. The lowest BCUT2D eigenvalue weighted by atomic mass is 10.0. The van der Waals surface area contributed by atoms with Crippen LogP contribution in [0.25, 0.3) is 0 Å². The number of hydrogen-bond acceptors (Lipinski definition) is 6. The van der Waals surface area contributed by atoms with Gasteiger partial charge in [-0.15, -0.1) is 11.3 Å². The van der Waals surface area contributed by atoms with E-state index in [2.05, 4.69) is 12.2 Å². The molecule has 2 N–H and O–H groups in total. The maximum atomic E-state index is 12.2. The highest BCUT2D eigenvalue weighted by Crippen LogP contribution is 2.31. The average Bonchev–Trinajstić information content (AvgIpc) is 3.31. The van der Waals surface area contributed by atoms with Crippen LogP contribution in [0.4, 0.5) is 0 Å². The molecule has 1 amide bonds. The van der Waals surface area contributed by atoms with Crippen LogP contribution in [-0.2, 0) is 14.3 Å². The molecule has 2 rings (SSSR count). The van der Waals surface area contributed by atoms with Gasteiger partial charge in [0.25, 0.3) is 0 Å². The maximum Gasteiger partial charge on any atom is 0.348 e. The summed E-state index contributed by atoms with van der Waals surface area (Å²) in [5, 5.41) is 13.2. The maximum absolute atomic E-state index is 12.2. The third-order valence-electron chi connectivity index (χ3n) is 4.97. The molecule has 1 aliphatic rings. The minimum Gasteiger partial charge on any atom is -0.459 e. The summed E-state index contributed by atoms with van der Waals surface area (Å²) in [7, 11) is 0. The Morgan fingerprint density at radius 2 is 2.07 bits per heavy atom. The van der Waals surface area contributed by atoms with Gasteiger partial charge in [0, 0.05) is 11.3 Å². The summed E-state index contributed by atoms with van der Waals surface area (Å²) in [4.78, 5) is 25.1. The first-order valence-electron chi connectivity index (χ1n) is 10.8. The van der Waals surface area contributed by atoms with Crippen molar-refractivity contribution in [3.8, 4) is 0 Å². The number of ether oxygens (including phenoxy) is 2. The van der Waals surface area contributed by atoms with Crippen molar-refractivity contribution in [1.29, 1.82) is 0 Å². The van der Waals surface area contributed by atoms with Gasteiger partial charge in [-0.2, -0.15) is 0 Å². The van der Waals surface area contributed by atoms with Crippen LogP contribution in [-0.4, -0.2) is 41.8 Å². The summed E-state index contributed by atoms with van der Waals surface area (Å²) in [6.07, 6.45) is 6.02. The van der Waals surface area contributed by atoms with Gasteiger partial charge in [-0.3, -0.25) is 4.79 Å². The van der Waals surface area contributed by atoms with Crippen LogP contribution in [0.15, 0.2) is 12.1 Å². The van der Waals surface area contributed by atoms with Crippen LogP contribution in [0.5, 0.6) is 0 Å². The summed E-state index contributed by atoms with van der Waals surface area (Å²) in [5.41, 5.74) is 0. The second-order valence-electron chi connectivity index (χ2n) is 8.01. The average molecular weight is 426 g/mol.